The molecule has 1 N–H and O–H groups in total. The van der Waals surface area contributed by atoms with Crippen LogP contribution in [-0.2, 0) is 11.4 Å². The first-order valence-electron chi connectivity index (χ1n) is 9.54. The quantitative estimate of drug-likeness (QED) is 0.340. The molecule has 0 radical (unpaired) electrons. The van der Waals surface area contributed by atoms with Gasteiger partial charge in [0.15, 0.2) is 0 Å². The number of nitriles is 1. The summed E-state index contributed by atoms with van der Waals surface area (Å²) in [5.74, 6) is 0.694. The van der Waals surface area contributed by atoms with Crippen LogP contribution in [0.15, 0.2) is 76.8 Å². The van der Waals surface area contributed by atoms with Crippen molar-refractivity contribution in [3.63, 3.8) is 0 Å². The molecular formula is C25H21BrN2O3. The van der Waals surface area contributed by atoms with Crippen molar-refractivity contribution >= 4 is 33.6 Å². The molecule has 0 fully saturated rings. The fourth-order valence-corrected chi connectivity index (χ4v) is 3.39. The van der Waals surface area contributed by atoms with E-state index in [2.05, 4.69) is 21.2 Å². The Labute approximate surface area is 190 Å². The zero-order valence-corrected chi connectivity index (χ0v) is 18.8. The standard InChI is InChI=1S/C25H21BrN2O3/c1-17-8-10-24(30-2)22(12-17)28-25(29)20(15-27)13-19-9-11-23(21(26)14-19)31-16-18-6-4-3-5-7-18/h3-14H,16H2,1-2H3,(H,28,29)/b20-13+. The maximum Gasteiger partial charge on any atom is 0.266 e. The average molecular weight is 477 g/mol. The van der Waals surface area contributed by atoms with Crippen molar-refractivity contribution in [3.05, 3.63) is 93.5 Å². The van der Waals surface area contributed by atoms with Gasteiger partial charge in [0.1, 0.15) is 29.7 Å². The summed E-state index contributed by atoms with van der Waals surface area (Å²) in [6.45, 7) is 2.36. The molecule has 0 aromatic heterocycles. The minimum absolute atomic E-state index is 0.0200. The summed E-state index contributed by atoms with van der Waals surface area (Å²) in [6, 6.07) is 22.7. The second-order valence-corrected chi connectivity index (χ2v) is 7.65. The number of hydrogen-bond acceptors (Lipinski definition) is 4. The molecule has 0 saturated heterocycles. The Morgan fingerprint density at radius 1 is 1.10 bits per heavy atom. The van der Waals surface area contributed by atoms with E-state index in [1.807, 2.05) is 49.4 Å². The van der Waals surface area contributed by atoms with Gasteiger partial charge in [0, 0.05) is 0 Å². The number of aryl methyl sites for hydroxylation is 1. The minimum atomic E-state index is -0.507. The zero-order chi connectivity index (χ0) is 22.2. The van der Waals surface area contributed by atoms with Crippen LogP contribution in [0.4, 0.5) is 5.69 Å². The van der Waals surface area contributed by atoms with Gasteiger partial charge in [-0.25, -0.2) is 0 Å². The van der Waals surface area contributed by atoms with Crippen LogP contribution in [0.5, 0.6) is 11.5 Å². The molecule has 1 amide bonds. The summed E-state index contributed by atoms with van der Waals surface area (Å²) in [6.07, 6.45) is 1.53. The van der Waals surface area contributed by atoms with Crippen molar-refractivity contribution in [2.45, 2.75) is 13.5 Å². The van der Waals surface area contributed by atoms with E-state index in [-0.39, 0.29) is 5.57 Å². The average Bonchev–Trinajstić information content (AvgIpc) is 2.77. The summed E-state index contributed by atoms with van der Waals surface area (Å²) >= 11 is 3.50. The van der Waals surface area contributed by atoms with Gasteiger partial charge in [-0.1, -0.05) is 42.5 Å². The first-order valence-corrected chi connectivity index (χ1v) is 10.3. The van der Waals surface area contributed by atoms with E-state index in [1.165, 1.54) is 13.2 Å². The first-order chi connectivity index (χ1) is 15.0. The smallest absolute Gasteiger partial charge is 0.266 e. The highest BCUT2D eigenvalue weighted by Crippen LogP contribution is 2.29. The van der Waals surface area contributed by atoms with Gasteiger partial charge < -0.3 is 14.8 Å². The van der Waals surface area contributed by atoms with E-state index in [4.69, 9.17) is 9.47 Å². The molecular weight excluding hydrogens is 456 g/mol. The Bertz CT molecular complexity index is 1150. The van der Waals surface area contributed by atoms with Gasteiger partial charge in [0.2, 0.25) is 0 Å². The van der Waals surface area contributed by atoms with Gasteiger partial charge in [0.25, 0.3) is 5.91 Å². The van der Waals surface area contributed by atoms with Gasteiger partial charge in [-0.05, 0) is 69.9 Å². The van der Waals surface area contributed by atoms with Crippen molar-refractivity contribution < 1.29 is 14.3 Å². The number of rotatable bonds is 7. The first kappa shape index (κ1) is 22.1. The minimum Gasteiger partial charge on any atom is -0.495 e. The molecule has 0 aliphatic rings. The number of carbonyl (C=O) groups is 1. The number of halogens is 1. The fraction of sp³-hybridized carbons (Fsp3) is 0.120. The molecule has 0 saturated carbocycles. The molecule has 3 aromatic carbocycles. The number of ether oxygens (including phenoxy) is 2. The Morgan fingerprint density at radius 3 is 2.52 bits per heavy atom. The molecule has 31 heavy (non-hydrogen) atoms. The van der Waals surface area contributed by atoms with Crippen molar-refractivity contribution in [1.82, 2.24) is 0 Å². The Balaban J connectivity index is 1.74. The van der Waals surface area contributed by atoms with Gasteiger partial charge >= 0.3 is 0 Å². The highest BCUT2D eigenvalue weighted by Gasteiger charge is 2.13. The molecule has 156 valence electrons. The van der Waals surface area contributed by atoms with Crippen LogP contribution in [0.1, 0.15) is 16.7 Å². The van der Waals surface area contributed by atoms with E-state index in [9.17, 15) is 10.1 Å². The van der Waals surface area contributed by atoms with E-state index in [0.717, 1.165) is 15.6 Å². The lowest BCUT2D eigenvalue weighted by atomic mass is 10.1. The maximum atomic E-state index is 12.6. The normalized spacial score (nSPS) is 10.8. The third-order valence-electron chi connectivity index (χ3n) is 4.47. The monoisotopic (exact) mass is 476 g/mol. The third kappa shape index (κ3) is 5.97. The number of nitrogens with zero attached hydrogens (tertiary/aromatic N) is 1. The van der Waals surface area contributed by atoms with Gasteiger partial charge in [-0.2, -0.15) is 5.26 Å². The van der Waals surface area contributed by atoms with Gasteiger partial charge in [0.05, 0.1) is 17.3 Å². The molecule has 0 aliphatic carbocycles. The molecule has 0 unspecified atom stereocenters. The lowest BCUT2D eigenvalue weighted by molar-refractivity contribution is -0.112. The van der Waals surface area contributed by atoms with Crippen LogP contribution in [0.25, 0.3) is 6.08 Å². The van der Waals surface area contributed by atoms with Crippen molar-refractivity contribution in [1.29, 1.82) is 5.26 Å². The molecule has 0 spiro atoms. The number of benzene rings is 3. The van der Waals surface area contributed by atoms with E-state index in [1.54, 1.807) is 30.3 Å². The predicted molar refractivity (Wildman–Crippen MR) is 125 cm³/mol. The van der Waals surface area contributed by atoms with Crippen LogP contribution >= 0.6 is 15.9 Å². The Morgan fingerprint density at radius 2 is 1.84 bits per heavy atom. The molecule has 3 rings (SSSR count). The Kier molecular flexibility index (Phi) is 7.47. The van der Waals surface area contributed by atoms with Crippen molar-refractivity contribution in [2.24, 2.45) is 0 Å². The van der Waals surface area contributed by atoms with Crippen LogP contribution < -0.4 is 14.8 Å². The van der Waals surface area contributed by atoms with E-state index in [0.29, 0.717) is 29.4 Å². The van der Waals surface area contributed by atoms with Crippen LogP contribution in [0, 0.1) is 18.3 Å². The van der Waals surface area contributed by atoms with Gasteiger partial charge in [-0.3, -0.25) is 4.79 Å². The topological polar surface area (TPSA) is 71.3 Å². The highest BCUT2D eigenvalue weighted by molar-refractivity contribution is 9.10. The second-order valence-electron chi connectivity index (χ2n) is 6.79. The zero-order valence-electron chi connectivity index (χ0n) is 17.2. The molecule has 5 nitrogen and oxygen atoms in total. The number of methoxy groups -OCH3 is 1. The number of anilines is 1. The van der Waals surface area contributed by atoms with Crippen molar-refractivity contribution in [2.75, 3.05) is 12.4 Å². The van der Waals surface area contributed by atoms with Gasteiger partial charge in [-0.15, -0.1) is 0 Å². The number of hydrogen-bond donors (Lipinski definition) is 1. The lowest BCUT2D eigenvalue weighted by Crippen LogP contribution is -2.14. The molecule has 0 aliphatic heterocycles. The fourth-order valence-electron chi connectivity index (χ4n) is 2.88. The highest BCUT2D eigenvalue weighted by atomic mass is 79.9. The third-order valence-corrected chi connectivity index (χ3v) is 5.09. The molecule has 6 heteroatoms. The Hall–Kier alpha value is -3.56. The van der Waals surface area contributed by atoms with E-state index >= 15 is 0 Å². The lowest BCUT2D eigenvalue weighted by Gasteiger charge is -2.11. The predicted octanol–water partition coefficient (Wildman–Crippen LogP) is 5.89. The number of amides is 1. The van der Waals surface area contributed by atoms with Crippen LogP contribution in [0.2, 0.25) is 0 Å². The summed E-state index contributed by atoms with van der Waals surface area (Å²) < 4.78 is 11.9. The molecule has 0 atom stereocenters. The summed E-state index contributed by atoms with van der Waals surface area (Å²) in [7, 11) is 1.53. The molecule has 3 aromatic rings. The SMILES string of the molecule is COc1ccc(C)cc1NC(=O)/C(C#N)=C/c1ccc(OCc2ccccc2)c(Br)c1. The number of nitrogens with one attached hydrogen (secondary N) is 1. The van der Waals surface area contributed by atoms with Crippen LogP contribution in [-0.4, -0.2) is 13.0 Å². The summed E-state index contributed by atoms with van der Waals surface area (Å²) in [5, 5.41) is 12.3. The molecule has 0 heterocycles. The van der Waals surface area contributed by atoms with Crippen molar-refractivity contribution in [3.8, 4) is 17.6 Å². The largest absolute Gasteiger partial charge is 0.495 e. The van der Waals surface area contributed by atoms with E-state index < -0.39 is 5.91 Å². The molecule has 0 bridgehead atoms. The summed E-state index contributed by atoms with van der Waals surface area (Å²) in [4.78, 5) is 12.6. The maximum absolute atomic E-state index is 12.6. The summed E-state index contributed by atoms with van der Waals surface area (Å²) in [5.41, 5.74) is 3.22. The van der Waals surface area contributed by atoms with Crippen LogP contribution in [0.3, 0.4) is 0 Å². The number of carbonyl (C=O) groups excluding carboxylic acids is 1. The second kappa shape index (κ2) is 10.5.